The molecule has 0 saturated heterocycles. The molecule has 0 aliphatic rings. The lowest BCUT2D eigenvalue weighted by Gasteiger charge is -2.17. The molecule has 3 aromatic rings. The van der Waals surface area contributed by atoms with E-state index in [9.17, 15) is 27.2 Å². The normalized spacial score (nSPS) is 11.7. The minimum absolute atomic E-state index is 0.180. The second-order valence-electron chi connectivity index (χ2n) is 6.31. The summed E-state index contributed by atoms with van der Waals surface area (Å²) in [7, 11) is 1.16. The van der Waals surface area contributed by atoms with E-state index >= 15 is 0 Å². The number of nitrogens with zero attached hydrogens (tertiary/aromatic N) is 2. The number of alkyl halides is 3. The molecule has 0 saturated carbocycles. The third-order valence-electron chi connectivity index (χ3n) is 4.13. The molecule has 1 amide bonds. The molecule has 1 heterocycles. The van der Waals surface area contributed by atoms with Crippen LogP contribution in [0.3, 0.4) is 0 Å². The lowest BCUT2D eigenvalue weighted by molar-refractivity contribution is -0.137. The van der Waals surface area contributed by atoms with Crippen molar-refractivity contribution in [3.05, 3.63) is 74.9 Å². The summed E-state index contributed by atoms with van der Waals surface area (Å²) in [6.07, 6.45) is -4.00. The zero-order valence-corrected chi connectivity index (χ0v) is 17.3. The van der Waals surface area contributed by atoms with E-state index in [0.29, 0.717) is 10.7 Å². The Morgan fingerprint density at radius 3 is 2.61 bits per heavy atom. The molecular weight excluding hydrogens is 474 g/mol. The van der Waals surface area contributed by atoms with E-state index in [0.717, 1.165) is 37.6 Å². The number of nitrogens with one attached hydrogen (secondary N) is 1. The van der Waals surface area contributed by atoms with Crippen LogP contribution in [-0.2, 0) is 12.9 Å². The first-order valence-corrected chi connectivity index (χ1v) is 9.25. The van der Waals surface area contributed by atoms with Gasteiger partial charge >= 0.3 is 6.18 Å². The van der Waals surface area contributed by atoms with Crippen molar-refractivity contribution in [3.8, 4) is 17.2 Å². The Balaban J connectivity index is 2.13. The van der Waals surface area contributed by atoms with Crippen LogP contribution < -0.4 is 20.3 Å². The number of methoxy groups -OCH3 is 1. The summed E-state index contributed by atoms with van der Waals surface area (Å²) in [6, 6.07) is 3.20. The minimum Gasteiger partial charge on any atom is -0.493 e. The standard InChI is InChI=1S/C20H14ClF4N3O5/c1-32-17-4-10(22)2-3-15(17)33-16-7-13(20(23,24)25)14(21)6-12(16)19(31)27-11-5-18(30)28(9-29)26-8-11/h2-8,29H,9H2,1H3,(H,27,31)/i6D. The molecule has 0 bridgehead atoms. The van der Waals surface area contributed by atoms with Crippen LogP contribution in [0, 0.1) is 5.82 Å². The van der Waals surface area contributed by atoms with Crippen molar-refractivity contribution < 1.29 is 38.3 Å². The van der Waals surface area contributed by atoms with Gasteiger partial charge in [-0.1, -0.05) is 11.6 Å². The zero-order valence-electron chi connectivity index (χ0n) is 17.5. The monoisotopic (exact) mass is 488 g/mol. The average molecular weight is 489 g/mol. The van der Waals surface area contributed by atoms with E-state index in [-0.39, 0.29) is 17.2 Å². The van der Waals surface area contributed by atoms with E-state index in [1.807, 2.05) is 0 Å². The number of aliphatic hydroxyl groups excluding tert-OH is 1. The number of amides is 1. The molecule has 0 spiro atoms. The van der Waals surface area contributed by atoms with Crippen LogP contribution in [0.25, 0.3) is 0 Å². The van der Waals surface area contributed by atoms with Crippen LogP contribution >= 0.6 is 11.6 Å². The van der Waals surface area contributed by atoms with E-state index in [4.69, 9.17) is 27.6 Å². The number of rotatable bonds is 6. The summed E-state index contributed by atoms with van der Waals surface area (Å²) in [5.41, 5.74) is -3.13. The van der Waals surface area contributed by atoms with E-state index < -0.39 is 58.1 Å². The summed E-state index contributed by atoms with van der Waals surface area (Å²) in [5, 5.41) is 13.7. The summed E-state index contributed by atoms with van der Waals surface area (Å²) >= 11 is 5.74. The Kier molecular flexibility index (Phi) is 6.47. The first-order valence-electron chi connectivity index (χ1n) is 9.37. The van der Waals surface area contributed by atoms with Crippen LogP contribution in [0.15, 0.2) is 47.4 Å². The second kappa shape index (κ2) is 9.46. The van der Waals surface area contributed by atoms with E-state index in [2.05, 4.69) is 10.4 Å². The number of hydrogen-bond donors (Lipinski definition) is 2. The number of anilines is 1. The molecule has 1 aromatic heterocycles. The number of aromatic nitrogens is 2. The smallest absolute Gasteiger partial charge is 0.417 e. The number of aliphatic hydroxyl groups is 1. The van der Waals surface area contributed by atoms with Gasteiger partial charge < -0.3 is 19.9 Å². The largest absolute Gasteiger partial charge is 0.493 e. The average Bonchev–Trinajstić information content (AvgIpc) is 2.76. The Morgan fingerprint density at radius 1 is 1.27 bits per heavy atom. The molecule has 2 N–H and O–H groups in total. The number of benzene rings is 2. The van der Waals surface area contributed by atoms with Crippen molar-refractivity contribution >= 4 is 23.2 Å². The fraction of sp³-hybridized carbons (Fsp3) is 0.150. The molecule has 174 valence electrons. The van der Waals surface area contributed by atoms with Crippen molar-refractivity contribution in [2.75, 3.05) is 12.4 Å². The van der Waals surface area contributed by atoms with Gasteiger partial charge in [0.1, 0.15) is 18.3 Å². The summed E-state index contributed by atoms with van der Waals surface area (Å²) in [4.78, 5) is 24.7. The topological polar surface area (TPSA) is 103 Å². The molecule has 0 fully saturated rings. The Hall–Kier alpha value is -3.64. The van der Waals surface area contributed by atoms with Gasteiger partial charge in [-0.25, -0.2) is 9.07 Å². The molecular formula is C20H14ClF4N3O5. The van der Waals surface area contributed by atoms with Gasteiger partial charge in [-0.2, -0.15) is 18.3 Å². The minimum atomic E-state index is -4.99. The van der Waals surface area contributed by atoms with Crippen LogP contribution in [0.5, 0.6) is 17.2 Å². The Labute approximate surface area is 189 Å². The fourth-order valence-corrected chi connectivity index (χ4v) is 2.86. The van der Waals surface area contributed by atoms with Gasteiger partial charge in [0, 0.05) is 12.1 Å². The molecule has 0 aliphatic carbocycles. The fourth-order valence-electron chi connectivity index (χ4n) is 2.61. The van der Waals surface area contributed by atoms with Crippen LogP contribution in [0.2, 0.25) is 5.02 Å². The van der Waals surface area contributed by atoms with Crippen LogP contribution in [0.4, 0.5) is 23.2 Å². The van der Waals surface area contributed by atoms with Crippen LogP contribution in [-0.4, -0.2) is 27.9 Å². The highest BCUT2D eigenvalue weighted by Gasteiger charge is 2.35. The predicted octanol–water partition coefficient (Wildman–Crippen LogP) is 4.06. The van der Waals surface area contributed by atoms with Gasteiger partial charge in [0.05, 0.1) is 36.5 Å². The summed E-state index contributed by atoms with van der Waals surface area (Å²) in [5.74, 6) is -3.06. The summed E-state index contributed by atoms with van der Waals surface area (Å²) < 4.78 is 73.1. The molecule has 0 unspecified atom stereocenters. The molecule has 0 radical (unpaired) electrons. The van der Waals surface area contributed by atoms with Crippen molar-refractivity contribution in [3.63, 3.8) is 0 Å². The van der Waals surface area contributed by atoms with Gasteiger partial charge in [-0.05, 0) is 24.2 Å². The first kappa shape index (κ1) is 22.6. The lowest BCUT2D eigenvalue weighted by Crippen LogP contribution is -2.23. The van der Waals surface area contributed by atoms with Crippen molar-refractivity contribution in [1.29, 1.82) is 0 Å². The van der Waals surface area contributed by atoms with E-state index in [1.54, 1.807) is 0 Å². The molecule has 3 rings (SSSR count). The number of hydrogen-bond acceptors (Lipinski definition) is 6. The first-order chi connectivity index (χ1) is 16.0. The Morgan fingerprint density at radius 2 is 2.00 bits per heavy atom. The number of carbonyl (C=O) groups excluding carboxylic acids is 1. The molecule has 0 atom stereocenters. The van der Waals surface area contributed by atoms with Gasteiger partial charge in [0.25, 0.3) is 11.5 Å². The van der Waals surface area contributed by atoms with Crippen molar-refractivity contribution in [1.82, 2.24) is 9.78 Å². The number of carbonyl (C=O) groups is 1. The number of ether oxygens (including phenoxy) is 2. The summed E-state index contributed by atoms with van der Waals surface area (Å²) in [6.45, 7) is -0.726. The highest BCUT2D eigenvalue weighted by atomic mass is 35.5. The predicted molar refractivity (Wildman–Crippen MR) is 108 cm³/mol. The molecule has 8 nitrogen and oxygen atoms in total. The highest BCUT2D eigenvalue weighted by molar-refractivity contribution is 6.32. The van der Waals surface area contributed by atoms with Gasteiger partial charge in [-0.3, -0.25) is 9.59 Å². The van der Waals surface area contributed by atoms with Gasteiger partial charge in [0.15, 0.2) is 11.5 Å². The van der Waals surface area contributed by atoms with Crippen molar-refractivity contribution in [2.45, 2.75) is 12.9 Å². The lowest BCUT2D eigenvalue weighted by atomic mass is 10.1. The maximum Gasteiger partial charge on any atom is 0.417 e. The zero-order chi connectivity index (χ0) is 25.2. The third kappa shape index (κ3) is 5.41. The quantitative estimate of drug-likeness (QED) is 0.507. The molecule has 13 heteroatoms. The third-order valence-corrected chi connectivity index (χ3v) is 4.43. The maximum atomic E-state index is 13.5. The second-order valence-corrected chi connectivity index (χ2v) is 6.69. The van der Waals surface area contributed by atoms with E-state index in [1.165, 1.54) is 0 Å². The number of halogens is 5. The maximum absolute atomic E-state index is 13.5. The molecule has 33 heavy (non-hydrogen) atoms. The Bertz CT molecular complexity index is 1320. The van der Waals surface area contributed by atoms with Crippen molar-refractivity contribution in [2.24, 2.45) is 0 Å². The molecule has 2 aromatic carbocycles. The van der Waals surface area contributed by atoms with Gasteiger partial charge in [-0.15, -0.1) is 0 Å². The van der Waals surface area contributed by atoms with Crippen LogP contribution in [0.1, 0.15) is 17.3 Å². The SMILES string of the molecule is [2H]c1c(Cl)c(C(F)(F)F)cc(Oc2ccc(F)cc2OC)c1C(=O)Nc1cnn(CO)c(=O)c1. The van der Waals surface area contributed by atoms with Gasteiger partial charge in [0.2, 0.25) is 0 Å². The molecule has 0 aliphatic heterocycles. The highest BCUT2D eigenvalue weighted by Crippen LogP contribution is 2.41.